The maximum Gasteiger partial charge on any atom is 0.326 e. The second kappa shape index (κ2) is 8.53. The van der Waals surface area contributed by atoms with Gasteiger partial charge in [0.2, 0.25) is 5.91 Å². The first kappa shape index (κ1) is 19.4. The zero-order valence-electron chi connectivity index (χ0n) is 16.1. The molecule has 1 N–H and O–H groups in total. The summed E-state index contributed by atoms with van der Waals surface area (Å²) in [6.07, 6.45) is 5.86. The van der Waals surface area contributed by atoms with E-state index in [1.165, 1.54) is 24.2 Å². The number of anilines is 1. The van der Waals surface area contributed by atoms with Crippen molar-refractivity contribution in [3.05, 3.63) is 42.5 Å². The number of hydrogen-bond acceptors (Lipinski definition) is 3. The van der Waals surface area contributed by atoms with Gasteiger partial charge in [0, 0.05) is 11.4 Å². The zero-order valence-corrected chi connectivity index (χ0v) is 16.1. The fourth-order valence-corrected chi connectivity index (χ4v) is 4.03. The Morgan fingerprint density at radius 2 is 1.74 bits per heavy atom. The van der Waals surface area contributed by atoms with E-state index >= 15 is 0 Å². The summed E-state index contributed by atoms with van der Waals surface area (Å²) in [5.74, 6) is -1.18. The maximum absolute atomic E-state index is 13.2. The van der Waals surface area contributed by atoms with Gasteiger partial charge in [-0.3, -0.25) is 14.6 Å². The molecule has 0 aliphatic heterocycles. The highest BCUT2D eigenvalue weighted by molar-refractivity contribution is 6.07. The van der Waals surface area contributed by atoms with Crippen LogP contribution in [-0.2, 0) is 9.59 Å². The van der Waals surface area contributed by atoms with Gasteiger partial charge in [-0.25, -0.2) is 4.79 Å². The first-order valence-corrected chi connectivity index (χ1v) is 9.72. The van der Waals surface area contributed by atoms with Gasteiger partial charge in [0.05, 0.1) is 12.2 Å². The molecule has 1 aliphatic rings. The van der Waals surface area contributed by atoms with Crippen molar-refractivity contribution in [3.63, 3.8) is 0 Å². The number of carboxylic acids is 1. The van der Waals surface area contributed by atoms with Crippen molar-refractivity contribution in [1.82, 2.24) is 4.90 Å². The predicted octanol–water partition coefficient (Wildman–Crippen LogP) is 3.91. The molecule has 1 fully saturated rings. The Bertz CT molecular complexity index is 809. The Morgan fingerprint density at radius 1 is 1.07 bits per heavy atom. The average Bonchev–Trinajstić information content (AvgIpc) is 2.68. The van der Waals surface area contributed by atoms with Gasteiger partial charge in [0.1, 0.15) is 6.04 Å². The molecule has 0 heterocycles. The van der Waals surface area contributed by atoms with Crippen LogP contribution in [0.4, 0.5) is 5.69 Å². The number of carboxylic acid groups (broad SMARTS) is 1. The monoisotopic (exact) mass is 368 g/mol. The molecule has 2 aromatic carbocycles. The van der Waals surface area contributed by atoms with E-state index in [-0.39, 0.29) is 12.5 Å². The van der Waals surface area contributed by atoms with Crippen LogP contribution in [-0.4, -0.2) is 47.6 Å². The van der Waals surface area contributed by atoms with E-state index in [1.54, 1.807) is 6.92 Å². The number of benzene rings is 2. The number of carbonyl (C=O) groups is 2. The van der Waals surface area contributed by atoms with Crippen LogP contribution in [0.2, 0.25) is 0 Å². The number of nitrogens with zero attached hydrogens (tertiary/aromatic N) is 2. The molecule has 0 spiro atoms. The fourth-order valence-electron chi connectivity index (χ4n) is 4.03. The van der Waals surface area contributed by atoms with E-state index in [0.29, 0.717) is 11.7 Å². The summed E-state index contributed by atoms with van der Waals surface area (Å²) in [5.41, 5.74) is 0.657. The Kier molecular flexibility index (Phi) is 6.11. The Balaban J connectivity index is 1.91. The highest BCUT2D eigenvalue weighted by Gasteiger charge is 2.30. The molecule has 1 aliphatic carbocycles. The molecule has 27 heavy (non-hydrogen) atoms. The van der Waals surface area contributed by atoms with Crippen LogP contribution in [0.25, 0.3) is 10.8 Å². The summed E-state index contributed by atoms with van der Waals surface area (Å²) < 4.78 is 0. The standard InChI is InChI=1S/C22H28N2O3/c1-16(22(26)27)24(20-14-8-10-17-9-6-7-13-19(17)20)21(25)15-23(2)18-11-4-3-5-12-18/h6-10,13-14,16,18H,3-5,11-12,15H2,1-2H3,(H,26,27)/t16-/m0/s1. The first-order valence-electron chi connectivity index (χ1n) is 9.72. The number of hydrogen-bond donors (Lipinski definition) is 1. The molecule has 1 atom stereocenters. The number of fused-ring (bicyclic) bond motifs is 1. The van der Waals surface area contributed by atoms with Crippen LogP contribution < -0.4 is 4.90 Å². The Hall–Kier alpha value is -2.40. The number of likely N-dealkylation sites (N-methyl/N-ethyl adjacent to an activating group) is 1. The lowest BCUT2D eigenvalue weighted by Gasteiger charge is -2.34. The van der Waals surface area contributed by atoms with Crippen molar-refractivity contribution in [1.29, 1.82) is 0 Å². The van der Waals surface area contributed by atoms with Crippen molar-refractivity contribution in [2.45, 2.75) is 51.1 Å². The minimum atomic E-state index is -1.00. The van der Waals surface area contributed by atoms with Crippen molar-refractivity contribution >= 4 is 28.3 Å². The molecule has 144 valence electrons. The summed E-state index contributed by atoms with van der Waals surface area (Å²) in [6.45, 7) is 1.80. The quantitative estimate of drug-likeness (QED) is 0.840. The molecular formula is C22H28N2O3. The average molecular weight is 368 g/mol. The second-order valence-electron chi connectivity index (χ2n) is 7.48. The van der Waals surface area contributed by atoms with Crippen LogP contribution in [0.1, 0.15) is 39.0 Å². The van der Waals surface area contributed by atoms with Gasteiger partial charge in [-0.05, 0) is 38.3 Å². The summed E-state index contributed by atoms with van der Waals surface area (Å²) in [5, 5.41) is 11.5. The number of rotatable bonds is 6. The minimum absolute atomic E-state index is 0.172. The number of carbonyl (C=O) groups excluding carboxylic acids is 1. The van der Waals surface area contributed by atoms with Crippen molar-refractivity contribution in [2.24, 2.45) is 0 Å². The van der Waals surface area contributed by atoms with Gasteiger partial charge in [0.25, 0.3) is 0 Å². The summed E-state index contributed by atoms with van der Waals surface area (Å²) in [4.78, 5) is 28.5. The normalized spacial score (nSPS) is 16.4. The first-order chi connectivity index (χ1) is 13.0. The lowest BCUT2D eigenvalue weighted by molar-refractivity contribution is -0.139. The zero-order chi connectivity index (χ0) is 19.4. The molecule has 0 radical (unpaired) electrons. The highest BCUT2D eigenvalue weighted by atomic mass is 16.4. The fraction of sp³-hybridized carbons (Fsp3) is 0.455. The van der Waals surface area contributed by atoms with Crippen LogP contribution in [0.5, 0.6) is 0 Å². The van der Waals surface area contributed by atoms with E-state index in [0.717, 1.165) is 23.6 Å². The largest absolute Gasteiger partial charge is 0.480 e. The topological polar surface area (TPSA) is 60.9 Å². The van der Waals surface area contributed by atoms with Crippen LogP contribution in [0.15, 0.2) is 42.5 Å². The van der Waals surface area contributed by atoms with Crippen LogP contribution in [0.3, 0.4) is 0 Å². The molecule has 0 bridgehead atoms. The SMILES string of the molecule is C[C@@H](C(=O)O)N(C(=O)CN(C)C1CCCCC1)c1cccc2ccccc12. The summed E-state index contributed by atoms with van der Waals surface area (Å²) in [6, 6.07) is 12.9. The van der Waals surface area contributed by atoms with Gasteiger partial charge in [-0.1, -0.05) is 55.7 Å². The highest BCUT2D eigenvalue weighted by Crippen LogP contribution is 2.29. The lowest BCUT2D eigenvalue weighted by Crippen LogP contribution is -2.49. The molecule has 1 saturated carbocycles. The maximum atomic E-state index is 13.2. The Labute approximate surface area is 160 Å². The molecular weight excluding hydrogens is 340 g/mol. The summed E-state index contributed by atoms with van der Waals surface area (Å²) >= 11 is 0. The smallest absolute Gasteiger partial charge is 0.326 e. The molecule has 1 amide bonds. The predicted molar refractivity (Wildman–Crippen MR) is 108 cm³/mol. The second-order valence-corrected chi connectivity index (χ2v) is 7.48. The molecule has 3 rings (SSSR count). The van der Waals surface area contributed by atoms with E-state index in [9.17, 15) is 14.7 Å². The minimum Gasteiger partial charge on any atom is -0.480 e. The van der Waals surface area contributed by atoms with Gasteiger partial charge >= 0.3 is 5.97 Å². The van der Waals surface area contributed by atoms with E-state index in [2.05, 4.69) is 4.90 Å². The summed E-state index contributed by atoms with van der Waals surface area (Å²) in [7, 11) is 1.97. The van der Waals surface area contributed by atoms with Crippen molar-refractivity contribution < 1.29 is 14.7 Å². The van der Waals surface area contributed by atoms with Gasteiger partial charge in [-0.2, -0.15) is 0 Å². The molecule has 5 heteroatoms. The number of aliphatic carboxylic acids is 1. The third-order valence-electron chi connectivity index (χ3n) is 5.62. The molecule has 0 saturated heterocycles. The van der Waals surface area contributed by atoms with E-state index < -0.39 is 12.0 Å². The van der Waals surface area contributed by atoms with Crippen LogP contribution in [0, 0.1) is 0 Å². The van der Waals surface area contributed by atoms with Crippen molar-refractivity contribution in [2.75, 3.05) is 18.5 Å². The Morgan fingerprint density at radius 3 is 2.44 bits per heavy atom. The molecule has 0 unspecified atom stereocenters. The third-order valence-corrected chi connectivity index (χ3v) is 5.62. The molecule has 2 aromatic rings. The van der Waals surface area contributed by atoms with E-state index in [1.807, 2.05) is 49.5 Å². The van der Waals surface area contributed by atoms with Gasteiger partial charge in [0.15, 0.2) is 0 Å². The third kappa shape index (κ3) is 4.30. The lowest BCUT2D eigenvalue weighted by atomic mass is 9.94. The van der Waals surface area contributed by atoms with E-state index in [4.69, 9.17) is 0 Å². The van der Waals surface area contributed by atoms with Crippen LogP contribution >= 0.6 is 0 Å². The molecule has 0 aromatic heterocycles. The molecule has 5 nitrogen and oxygen atoms in total. The van der Waals surface area contributed by atoms with Gasteiger partial charge in [-0.15, -0.1) is 0 Å². The van der Waals surface area contributed by atoms with Gasteiger partial charge < -0.3 is 5.11 Å². The van der Waals surface area contributed by atoms with Crippen molar-refractivity contribution in [3.8, 4) is 0 Å². The number of amides is 1.